The summed E-state index contributed by atoms with van der Waals surface area (Å²) < 4.78 is 4.93. The molecule has 0 aromatic heterocycles. The van der Waals surface area contributed by atoms with Crippen LogP contribution < -0.4 is 21.3 Å². The molecule has 2 aliphatic heterocycles. The van der Waals surface area contributed by atoms with Crippen LogP contribution in [0.25, 0.3) is 0 Å². The number of methoxy groups -OCH3 is 1. The molecule has 22 heteroatoms. The predicted octanol–water partition coefficient (Wildman–Crippen LogP) is 0.0967. The third-order valence-electron chi connectivity index (χ3n) is 6.14. The number of ketones is 2. The lowest BCUT2D eigenvalue weighted by Crippen LogP contribution is -2.42. The molecule has 2 saturated heterocycles. The number of imide groups is 2. The summed E-state index contributed by atoms with van der Waals surface area (Å²) in [5, 5.41) is 11.2. The lowest BCUT2D eigenvalue weighted by atomic mass is 10.2. The van der Waals surface area contributed by atoms with Crippen LogP contribution in [0, 0.1) is 0 Å². The molecule has 0 radical (unpaired) electrons. The normalized spacial score (nSPS) is 14.0. The highest BCUT2D eigenvalue weighted by atomic mass is 127. The molecule has 0 bridgehead atoms. The summed E-state index contributed by atoms with van der Waals surface area (Å²) in [6, 6.07) is -0.465. The zero-order valence-electron chi connectivity index (χ0n) is 27.2. The molecule has 0 spiro atoms. The molecule has 4 N–H and O–H groups in total. The van der Waals surface area contributed by atoms with Crippen LogP contribution in [0.4, 0.5) is 9.59 Å². The number of urea groups is 1. The van der Waals surface area contributed by atoms with Gasteiger partial charge < -0.3 is 30.4 Å². The molecule has 0 aromatic rings. The number of carbonyl (C=O) groups is 10. The van der Waals surface area contributed by atoms with Crippen molar-refractivity contribution >= 4 is 104 Å². The molecule has 50 heavy (non-hydrogen) atoms. The molecule has 20 nitrogen and oxygen atoms in total. The standard InChI is InChI=1S/C15H21BrN4O7.C13H18IN3O6/c1-26-15(25)19-14(17-7-2-3-10(21)9-16)18-8-6-13(24)27-20-11(22)4-5-12(20)23;14-8-9(18)2-1-6-15-13(22)16-7-5-12(21)23-17-10(19)3-4-11(17)20/h2-9H2,1H3,(H2,17,18,19,25);1-8H2,(H2,15,16,22). The second-order valence-corrected chi connectivity index (χ2v) is 11.4. The van der Waals surface area contributed by atoms with E-state index in [0.29, 0.717) is 46.8 Å². The number of carbonyl (C=O) groups excluding carboxylic acids is 10. The van der Waals surface area contributed by atoms with Crippen LogP contribution in [-0.2, 0) is 52.8 Å². The van der Waals surface area contributed by atoms with E-state index < -0.39 is 47.7 Å². The van der Waals surface area contributed by atoms with Gasteiger partial charge in [0.15, 0.2) is 0 Å². The largest absolute Gasteiger partial charge is 0.453 e. The molecule has 7 amide bonds. The van der Waals surface area contributed by atoms with E-state index in [1.807, 2.05) is 22.6 Å². The minimum atomic E-state index is -0.786. The van der Waals surface area contributed by atoms with E-state index >= 15 is 0 Å². The highest BCUT2D eigenvalue weighted by Crippen LogP contribution is 2.13. The second-order valence-electron chi connectivity index (χ2n) is 10.1. The average Bonchev–Trinajstić information content (AvgIpc) is 3.58. The van der Waals surface area contributed by atoms with Gasteiger partial charge in [-0.15, -0.1) is 10.1 Å². The van der Waals surface area contributed by atoms with Crippen molar-refractivity contribution in [1.82, 2.24) is 31.4 Å². The summed E-state index contributed by atoms with van der Waals surface area (Å²) in [5.41, 5.74) is 0. The van der Waals surface area contributed by atoms with Gasteiger partial charge in [-0.1, -0.05) is 38.5 Å². The monoisotopic (exact) mass is 887 g/mol. The maximum absolute atomic E-state index is 11.7. The van der Waals surface area contributed by atoms with Crippen LogP contribution >= 0.6 is 38.5 Å². The van der Waals surface area contributed by atoms with Gasteiger partial charge in [0.1, 0.15) is 11.6 Å². The SMILES string of the molecule is COC(=O)NC(=NCCCC(=O)CBr)NCCC(=O)ON1C(=O)CCC1=O.O=C(CI)CCCNC(=O)NCCC(=O)ON1C(=O)CCC1=O. The Morgan fingerprint density at radius 3 is 1.68 bits per heavy atom. The van der Waals surface area contributed by atoms with E-state index in [4.69, 9.17) is 4.84 Å². The van der Waals surface area contributed by atoms with Crippen molar-refractivity contribution in [3.8, 4) is 0 Å². The van der Waals surface area contributed by atoms with Gasteiger partial charge in [0, 0.05) is 64.7 Å². The molecule has 2 heterocycles. The summed E-state index contributed by atoms with van der Waals surface area (Å²) in [5.74, 6) is -3.55. The van der Waals surface area contributed by atoms with Crippen molar-refractivity contribution in [3.63, 3.8) is 0 Å². The lowest BCUT2D eigenvalue weighted by molar-refractivity contribution is -0.197. The van der Waals surface area contributed by atoms with Crippen LogP contribution in [0.15, 0.2) is 4.99 Å². The number of rotatable bonds is 18. The number of hydrogen-bond acceptors (Lipinski definition) is 14. The fourth-order valence-corrected chi connectivity index (χ4v) is 4.27. The van der Waals surface area contributed by atoms with Crippen molar-refractivity contribution in [2.75, 3.05) is 43.0 Å². The summed E-state index contributed by atoms with van der Waals surface area (Å²) in [6.45, 7) is 0.660. The summed E-state index contributed by atoms with van der Waals surface area (Å²) >= 11 is 5.05. The van der Waals surface area contributed by atoms with E-state index in [0.717, 1.165) is 0 Å². The molecule has 278 valence electrons. The molecule has 2 fully saturated rings. The summed E-state index contributed by atoms with van der Waals surface area (Å²) in [6.07, 6.45) is 0.782. The Hall–Kier alpha value is -4.22. The highest BCUT2D eigenvalue weighted by Gasteiger charge is 2.33. The maximum atomic E-state index is 11.7. The van der Waals surface area contributed by atoms with Gasteiger partial charge in [-0.2, -0.15) is 0 Å². The van der Waals surface area contributed by atoms with Crippen molar-refractivity contribution in [3.05, 3.63) is 0 Å². The number of alkyl halides is 2. The smallest absolute Gasteiger partial charge is 0.413 e. The van der Waals surface area contributed by atoms with E-state index in [-0.39, 0.29) is 81.0 Å². The Kier molecular flexibility index (Phi) is 21.8. The lowest BCUT2D eigenvalue weighted by Gasteiger charge is -2.13. The van der Waals surface area contributed by atoms with Crippen LogP contribution in [0.1, 0.15) is 64.2 Å². The van der Waals surface area contributed by atoms with Crippen LogP contribution in [0.5, 0.6) is 0 Å². The van der Waals surface area contributed by atoms with Gasteiger partial charge in [-0.05, 0) is 12.8 Å². The zero-order valence-corrected chi connectivity index (χ0v) is 31.0. The number of hydroxylamine groups is 4. The Morgan fingerprint density at radius 1 is 0.720 bits per heavy atom. The number of ether oxygens (including phenoxy) is 1. The fraction of sp³-hybridized carbons (Fsp3) is 0.607. The minimum Gasteiger partial charge on any atom is -0.453 e. The summed E-state index contributed by atoms with van der Waals surface area (Å²) in [7, 11) is 1.18. The fourth-order valence-electron chi connectivity index (χ4n) is 3.61. The number of hydrogen-bond donors (Lipinski definition) is 4. The average molecular weight is 888 g/mol. The van der Waals surface area contributed by atoms with Crippen molar-refractivity contribution in [2.45, 2.75) is 64.2 Å². The molecule has 2 aliphatic rings. The Balaban J connectivity index is 0.000000506. The topological polar surface area (TPSA) is 265 Å². The van der Waals surface area contributed by atoms with Gasteiger partial charge in [0.2, 0.25) is 5.96 Å². The third kappa shape index (κ3) is 18.5. The Morgan fingerprint density at radius 2 is 1.20 bits per heavy atom. The van der Waals surface area contributed by atoms with Crippen molar-refractivity contribution in [2.24, 2.45) is 4.99 Å². The molecule has 0 aliphatic carbocycles. The molecular weight excluding hydrogens is 849 g/mol. The molecular formula is C28H39BrIN7O13. The van der Waals surface area contributed by atoms with Gasteiger partial charge in [0.25, 0.3) is 23.6 Å². The minimum absolute atomic E-state index is 0.00751. The van der Waals surface area contributed by atoms with Crippen molar-refractivity contribution in [1.29, 1.82) is 0 Å². The van der Waals surface area contributed by atoms with E-state index in [1.54, 1.807) is 0 Å². The number of nitrogens with one attached hydrogen (secondary N) is 4. The van der Waals surface area contributed by atoms with Gasteiger partial charge in [-0.25, -0.2) is 19.2 Å². The van der Waals surface area contributed by atoms with Gasteiger partial charge >= 0.3 is 24.1 Å². The molecule has 2 rings (SSSR count). The van der Waals surface area contributed by atoms with Crippen LogP contribution in [0.2, 0.25) is 0 Å². The molecule has 0 atom stereocenters. The van der Waals surface area contributed by atoms with Crippen LogP contribution in [-0.4, -0.2) is 118 Å². The zero-order chi connectivity index (χ0) is 37.5. The first kappa shape index (κ1) is 43.8. The third-order valence-corrected chi connectivity index (χ3v) is 7.62. The van der Waals surface area contributed by atoms with Crippen molar-refractivity contribution < 1.29 is 62.4 Å². The second kappa shape index (κ2) is 24.8. The first-order chi connectivity index (χ1) is 23.8. The first-order valence-corrected chi connectivity index (χ1v) is 17.9. The number of guanidine groups is 1. The van der Waals surface area contributed by atoms with E-state index in [1.165, 1.54) is 7.11 Å². The Bertz CT molecular complexity index is 1280. The number of halogens is 2. The predicted molar refractivity (Wildman–Crippen MR) is 182 cm³/mol. The maximum Gasteiger partial charge on any atom is 0.413 e. The van der Waals surface area contributed by atoms with E-state index in [9.17, 15) is 47.9 Å². The van der Waals surface area contributed by atoms with E-state index in [2.05, 4.69) is 51.8 Å². The van der Waals surface area contributed by atoms with Gasteiger partial charge in [-0.3, -0.25) is 39.1 Å². The quantitative estimate of drug-likeness (QED) is 0.0355. The van der Waals surface area contributed by atoms with Crippen LogP contribution in [0.3, 0.4) is 0 Å². The molecule has 0 unspecified atom stereocenters. The highest BCUT2D eigenvalue weighted by molar-refractivity contribution is 14.1. The number of aliphatic imine (C=N–C) groups is 1. The number of nitrogens with zero attached hydrogens (tertiary/aromatic N) is 3. The molecule has 0 saturated carbocycles. The number of alkyl carbamates (subject to hydrolysis) is 1. The number of Topliss-reactive ketones (excluding diaryl/α,β-unsaturated/α-hetero) is 2. The first-order valence-electron chi connectivity index (χ1n) is 15.2. The molecule has 0 aromatic carbocycles. The Labute approximate surface area is 308 Å². The van der Waals surface area contributed by atoms with Gasteiger partial charge in [0.05, 0.1) is 29.7 Å². The summed E-state index contributed by atoms with van der Waals surface area (Å²) in [4.78, 5) is 127. The number of amides is 7.